The summed E-state index contributed by atoms with van der Waals surface area (Å²) in [5.41, 5.74) is 4.63. The number of rotatable bonds is 3. The van der Waals surface area contributed by atoms with Crippen LogP contribution in [0.25, 0.3) is 66.1 Å². The molecule has 50 heavy (non-hydrogen) atoms. The largest absolute Gasteiger partial charge is 0.416 e. The van der Waals surface area contributed by atoms with Crippen LogP contribution < -0.4 is 0 Å². The molecule has 0 aliphatic rings. The summed E-state index contributed by atoms with van der Waals surface area (Å²) < 4.78 is 45.1. The molecule has 9 heteroatoms. The van der Waals surface area contributed by atoms with Crippen LogP contribution in [0.3, 0.4) is 0 Å². The Hall–Kier alpha value is -7.33. The zero-order chi connectivity index (χ0) is 34.7. The van der Waals surface area contributed by atoms with Crippen LogP contribution in [0.5, 0.6) is 0 Å². The standard InChI is InChI=1S/C41H19F3N6/c42-41(43,44)28-11-12-29(26(17-28)22-47)32-19-40(50-36-8-4-2-6-31(36)34-16-25(21-46)10-14-38(34)50)39(18-27(32)23-48)49-35-7-3-1-5-30(35)33-15-24(20-45)9-13-37(33)49/h1-19H. The summed E-state index contributed by atoms with van der Waals surface area (Å²) in [6, 6.07) is 41.1. The van der Waals surface area contributed by atoms with E-state index in [1.807, 2.05) is 88.0 Å². The van der Waals surface area contributed by atoms with Crippen LogP contribution in [0.1, 0.15) is 27.8 Å². The normalized spacial score (nSPS) is 11.4. The molecule has 0 fully saturated rings. The van der Waals surface area contributed by atoms with E-state index in [9.17, 15) is 34.2 Å². The average Bonchev–Trinajstić information content (AvgIpc) is 3.65. The predicted molar refractivity (Wildman–Crippen MR) is 184 cm³/mol. The van der Waals surface area contributed by atoms with Crippen molar-refractivity contribution in [1.82, 2.24) is 9.13 Å². The van der Waals surface area contributed by atoms with E-state index in [-0.39, 0.29) is 22.3 Å². The third kappa shape index (κ3) is 4.47. The van der Waals surface area contributed by atoms with Gasteiger partial charge in [0.05, 0.1) is 85.5 Å². The minimum Gasteiger partial charge on any atom is -0.307 e. The Morgan fingerprint density at radius 3 is 1.42 bits per heavy atom. The molecule has 2 heterocycles. The first kappa shape index (κ1) is 30.0. The second-order valence-electron chi connectivity index (χ2n) is 11.8. The molecule has 0 aliphatic carbocycles. The number of benzene rings is 6. The number of aromatic nitrogens is 2. The number of hydrogen-bond donors (Lipinski definition) is 0. The van der Waals surface area contributed by atoms with Gasteiger partial charge in [-0.2, -0.15) is 34.2 Å². The molecule has 0 saturated carbocycles. The minimum atomic E-state index is -4.66. The summed E-state index contributed by atoms with van der Waals surface area (Å²) in [7, 11) is 0. The van der Waals surface area contributed by atoms with Gasteiger partial charge in [0.1, 0.15) is 0 Å². The number of fused-ring (bicyclic) bond motifs is 6. The second-order valence-corrected chi connectivity index (χ2v) is 11.8. The lowest BCUT2D eigenvalue weighted by Crippen LogP contribution is -2.07. The minimum absolute atomic E-state index is 0.145. The van der Waals surface area contributed by atoms with Crippen molar-refractivity contribution in [2.45, 2.75) is 6.18 Å². The van der Waals surface area contributed by atoms with E-state index in [2.05, 4.69) is 18.2 Å². The predicted octanol–water partition coefficient (Wildman–Crippen LogP) is 10.1. The van der Waals surface area contributed by atoms with E-state index in [1.54, 1.807) is 24.3 Å². The van der Waals surface area contributed by atoms with Crippen LogP contribution in [-0.2, 0) is 6.18 Å². The van der Waals surface area contributed by atoms with Gasteiger partial charge in [0, 0.05) is 32.7 Å². The summed E-state index contributed by atoms with van der Waals surface area (Å²) in [6.07, 6.45) is -4.66. The van der Waals surface area contributed by atoms with Gasteiger partial charge in [-0.25, -0.2) is 0 Å². The Balaban J connectivity index is 1.56. The molecular weight excluding hydrogens is 633 g/mol. The fourth-order valence-electron chi connectivity index (χ4n) is 6.90. The van der Waals surface area contributed by atoms with Gasteiger partial charge in [-0.15, -0.1) is 0 Å². The van der Waals surface area contributed by atoms with Gasteiger partial charge in [-0.05, 0) is 72.8 Å². The van der Waals surface area contributed by atoms with Crippen LogP contribution >= 0.6 is 0 Å². The molecule has 0 N–H and O–H groups in total. The third-order valence-corrected chi connectivity index (χ3v) is 9.08. The maximum atomic E-state index is 13.7. The van der Waals surface area contributed by atoms with E-state index in [0.717, 1.165) is 55.7 Å². The van der Waals surface area contributed by atoms with E-state index in [4.69, 9.17) is 0 Å². The fraction of sp³-hybridized carbons (Fsp3) is 0.0244. The molecule has 8 rings (SSSR count). The Bertz CT molecular complexity index is 2920. The third-order valence-electron chi connectivity index (χ3n) is 9.08. The van der Waals surface area contributed by atoms with Gasteiger partial charge < -0.3 is 9.13 Å². The molecule has 0 spiro atoms. The number of para-hydroxylation sites is 2. The Morgan fingerprint density at radius 1 is 0.440 bits per heavy atom. The van der Waals surface area contributed by atoms with Crippen molar-refractivity contribution in [2.24, 2.45) is 0 Å². The van der Waals surface area contributed by atoms with Gasteiger partial charge in [-0.3, -0.25) is 0 Å². The lowest BCUT2D eigenvalue weighted by molar-refractivity contribution is -0.137. The fourth-order valence-corrected chi connectivity index (χ4v) is 6.90. The summed E-state index contributed by atoms with van der Waals surface area (Å²) in [6.45, 7) is 0. The average molecular weight is 653 g/mol. The van der Waals surface area contributed by atoms with Crippen LogP contribution in [0.15, 0.2) is 115 Å². The SMILES string of the molecule is N#Cc1ccc2c(c1)c1ccccc1n2-c1cc(C#N)c(-c2ccc(C(F)(F)F)cc2C#N)cc1-n1c2ccccc2c2cc(C#N)ccc21. The molecule has 0 unspecified atom stereocenters. The first-order chi connectivity index (χ1) is 24.2. The molecule has 6 nitrogen and oxygen atoms in total. The lowest BCUT2D eigenvalue weighted by Gasteiger charge is -2.20. The van der Waals surface area contributed by atoms with Crippen molar-refractivity contribution in [3.8, 4) is 46.8 Å². The molecule has 0 radical (unpaired) electrons. The van der Waals surface area contributed by atoms with Gasteiger partial charge in [0.15, 0.2) is 0 Å². The maximum Gasteiger partial charge on any atom is 0.416 e. The van der Waals surface area contributed by atoms with Crippen molar-refractivity contribution in [3.05, 3.63) is 143 Å². The van der Waals surface area contributed by atoms with Crippen LogP contribution in [-0.4, -0.2) is 9.13 Å². The van der Waals surface area contributed by atoms with Gasteiger partial charge in [0.2, 0.25) is 0 Å². The highest BCUT2D eigenvalue weighted by molar-refractivity contribution is 6.12. The van der Waals surface area contributed by atoms with Crippen molar-refractivity contribution >= 4 is 43.6 Å². The molecular formula is C41H19F3N6. The Morgan fingerprint density at radius 2 is 0.920 bits per heavy atom. The highest BCUT2D eigenvalue weighted by Crippen LogP contribution is 2.42. The van der Waals surface area contributed by atoms with Crippen LogP contribution in [0, 0.1) is 45.3 Å². The molecule has 0 saturated heterocycles. The van der Waals surface area contributed by atoms with E-state index in [0.29, 0.717) is 22.5 Å². The smallest absolute Gasteiger partial charge is 0.307 e. The number of nitriles is 4. The number of halogens is 3. The highest BCUT2D eigenvalue weighted by Gasteiger charge is 2.32. The molecule has 8 aromatic rings. The van der Waals surface area contributed by atoms with Crippen molar-refractivity contribution in [3.63, 3.8) is 0 Å². The topological polar surface area (TPSA) is 105 Å². The summed E-state index contributed by atoms with van der Waals surface area (Å²) >= 11 is 0. The monoisotopic (exact) mass is 652 g/mol. The Labute approximate surface area is 282 Å². The van der Waals surface area contributed by atoms with Crippen LogP contribution in [0.4, 0.5) is 13.2 Å². The van der Waals surface area contributed by atoms with E-state index >= 15 is 0 Å². The number of hydrogen-bond acceptors (Lipinski definition) is 4. The molecule has 0 aliphatic heterocycles. The van der Waals surface area contributed by atoms with Crippen molar-refractivity contribution in [1.29, 1.82) is 21.0 Å². The zero-order valence-corrected chi connectivity index (χ0v) is 25.8. The molecule has 0 atom stereocenters. The number of nitrogens with zero attached hydrogens (tertiary/aromatic N) is 6. The van der Waals surface area contributed by atoms with Gasteiger partial charge in [-0.1, -0.05) is 42.5 Å². The van der Waals surface area contributed by atoms with Gasteiger partial charge >= 0.3 is 6.18 Å². The highest BCUT2D eigenvalue weighted by atomic mass is 19.4. The first-order valence-corrected chi connectivity index (χ1v) is 15.3. The maximum absolute atomic E-state index is 13.7. The van der Waals surface area contributed by atoms with E-state index < -0.39 is 11.7 Å². The quantitative estimate of drug-likeness (QED) is 0.189. The van der Waals surface area contributed by atoms with Gasteiger partial charge in [0.25, 0.3) is 0 Å². The first-order valence-electron chi connectivity index (χ1n) is 15.3. The zero-order valence-electron chi connectivity index (χ0n) is 25.8. The molecule has 234 valence electrons. The summed E-state index contributed by atoms with van der Waals surface area (Å²) in [4.78, 5) is 0. The lowest BCUT2D eigenvalue weighted by atomic mass is 9.93. The molecule has 0 amide bonds. The van der Waals surface area contributed by atoms with Crippen LogP contribution in [0.2, 0.25) is 0 Å². The molecule has 2 aromatic heterocycles. The molecule has 6 aromatic carbocycles. The van der Waals surface area contributed by atoms with Crippen molar-refractivity contribution in [2.75, 3.05) is 0 Å². The van der Waals surface area contributed by atoms with E-state index in [1.165, 1.54) is 6.07 Å². The second kappa shape index (κ2) is 11.1. The summed E-state index contributed by atoms with van der Waals surface area (Å²) in [5, 5.41) is 43.4. The molecule has 0 bridgehead atoms. The number of alkyl halides is 3. The van der Waals surface area contributed by atoms with Crippen molar-refractivity contribution < 1.29 is 13.2 Å². The summed E-state index contributed by atoms with van der Waals surface area (Å²) in [5.74, 6) is 0. The Kier molecular flexibility index (Phi) is 6.69.